The van der Waals surface area contributed by atoms with E-state index in [2.05, 4.69) is 26.3 Å². The Labute approximate surface area is 76.9 Å². The summed E-state index contributed by atoms with van der Waals surface area (Å²) in [7, 11) is 0. The van der Waals surface area contributed by atoms with Gasteiger partial charge in [-0.25, -0.2) is 5.84 Å². The third-order valence-corrected chi connectivity index (χ3v) is 1.97. The Morgan fingerprint density at radius 1 is 1.50 bits per heavy atom. The quantitative estimate of drug-likeness (QED) is 0.577. The van der Waals surface area contributed by atoms with Crippen molar-refractivity contribution in [2.75, 3.05) is 5.43 Å². The number of nitrogens with one attached hydrogen (secondary N) is 1. The fourth-order valence-electron chi connectivity index (χ4n) is 0.960. The lowest BCUT2D eigenvalue weighted by atomic mass is 10.3. The molecule has 0 atom stereocenters. The molecule has 4 nitrogen and oxygen atoms in total. The summed E-state index contributed by atoms with van der Waals surface area (Å²) in [6, 6.07) is 5.90. The second-order valence-corrected chi connectivity index (χ2v) is 3.19. The first kappa shape index (κ1) is 7.57. The topological polar surface area (TPSA) is 64.1 Å². The number of anilines is 1. The molecule has 2 rings (SSSR count). The van der Waals surface area contributed by atoms with Crippen LogP contribution in [0, 0.1) is 0 Å². The van der Waals surface area contributed by atoms with Crippen molar-refractivity contribution in [2.45, 2.75) is 0 Å². The molecule has 0 saturated heterocycles. The zero-order valence-corrected chi connectivity index (χ0v) is 7.63. The van der Waals surface area contributed by atoms with Crippen LogP contribution < -0.4 is 11.3 Å². The van der Waals surface area contributed by atoms with Crippen LogP contribution in [0.3, 0.4) is 0 Å². The molecule has 0 aliphatic carbocycles. The fraction of sp³-hybridized carbons (Fsp3) is 0. The summed E-state index contributed by atoms with van der Waals surface area (Å²) in [5.74, 6) is 5.13. The maximum absolute atomic E-state index is 5.22. The van der Waals surface area contributed by atoms with Gasteiger partial charge in [0.05, 0.1) is 0 Å². The molecule has 5 heteroatoms. The van der Waals surface area contributed by atoms with Gasteiger partial charge in [-0.2, -0.15) is 4.98 Å². The molecule has 0 unspecified atom stereocenters. The zero-order valence-electron chi connectivity index (χ0n) is 6.04. The summed E-state index contributed by atoms with van der Waals surface area (Å²) < 4.78 is 6.17. The first-order valence-electron chi connectivity index (χ1n) is 3.32. The molecule has 0 spiro atoms. The number of fused-ring (bicyclic) bond motifs is 1. The predicted molar refractivity (Wildman–Crippen MR) is 49.5 cm³/mol. The smallest absolute Gasteiger partial charge is 0.310 e. The van der Waals surface area contributed by atoms with E-state index in [9.17, 15) is 0 Å². The number of oxazole rings is 1. The number of benzene rings is 1. The maximum atomic E-state index is 5.22. The number of hydrazine groups is 1. The third-order valence-electron chi connectivity index (χ3n) is 1.47. The number of nitrogen functional groups attached to an aromatic ring is 1. The van der Waals surface area contributed by atoms with E-state index in [1.807, 2.05) is 18.2 Å². The molecule has 0 amide bonds. The van der Waals surface area contributed by atoms with E-state index < -0.39 is 0 Å². The van der Waals surface area contributed by atoms with Gasteiger partial charge in [-0.3, -0.25) is 5.43 Å². The highest BCUT2D eigenvalue weighted by Gasteiger charge is 2.03. The van der Waals surface area contributed by atoms with E-state index >= 15 is 0 Å². The molecule has 0 bridgehead atoms. The molecule has 2 aromatic rings. The van der Waals surface area contributed by atoms with Gasteiger partial charge in [0.15, 0.2) is 5.58 Å². The van der Waals surface area contributed by atoms with Crippen LogP contribution in [0.5, 0.6) is 0 Å². The molecular formula is C7H6BrN3O. The number of aromatic nitrogens is 1. The highest BCUT2D eigenvalue weighted by Crippen LogP contribution is 2.21. The highest BCUT2D eigenvalue weighted by molar-refractivity contribution is 9.10. The van der Waals surface area contributed by atoms with Crippen molar-refractivity contribution >= 4 is 33.0 Å². The van der Waals surface area contributed by atoms with Gasteiger partial charge < -0.3 is 4.42 Å². The lowest BCUT2D eigenvalue weighted by Gasteiger charge is -1.86. The lowest BCUT2D eigenvalue weighted by Crippen LogP contribution is -2.06. The number of nitrogens with zero attached hydrogens (tertiary/aromatic N) is 1. The molecule has 12 heavy (non-hydrogen) atoms. The molecule has 62 valence electrons. The number of halogens is 1. The van der Waals surface area contributed by atoms with Crippen LogP contribution in [-0.4, -0.2) is 4.98 Å². The summed E-state index contributed by atoms with van der Waals surface area (Å²) in [6.45, 7) is 0. The van der Waals surface area contributed by atoms with Crippen LogP contribution in [0.4, 0.5) is 6.01 Å². The van der Waals surface area contributed by atoms with Gasteiger partial charge >= 0.3 is 6.01 Å². The molecule has 1 aromatic carbocycles. The number of hydrogen-bond acceptors (Lipinski definition) is 4. The van der Waals surface area contributed by atoms with E-state index in [1.165, 1.54) is 0 Å². The van der Waals surface area contributed by atoms with E-state index in [0.717, 1.165) is 9.99 Å². The Balaban J connectivity index is 2.67. The van der Waals surface area contributed by atoms with E-state index in [1.54, 1.807) is 0 Å². The van der Waals surface area contributed by atoms with Gasteiger partial charge in [0.25, 0.3) is 0 Å². The highest BCUT2D eigenvalue weighted by atomic mass is 79.9. The summed E-state index contributed by atoms with van der Waals surface area (Å²) in [5.41, 5.74) is 3.83. The first-order chi connectivity index (χ1) is 5.79. The average Bonchev–Trinajstić information content (AvgIpc) is 2.46. The van der Waals surface area contributed by atoms with Crippen LogP contribution >= 0.6 is 15.9 Å². The van der Waals surface area contributed by atoms with E-state index in [-0.39, 0.29) is 0 Å². The molecule has 0 saturated carbocycles. The van der Waals surface area contributed by atoms with Crippen molar-refractivity contribution in [3.8, 4) is 0 Å². The van der Waals surface area contributed by atoms with Crippen molar-refractivity contribution in [2.24, 2.45) is 5.84 Å². The van der Waals surface area contributed by atoms with Gasteiger partial charge in [0.2, 0.25) is 0 Å². The monoisotopic (exact) mass is 227 g/mol. The van der Waals surface area contributed by atoms with Gasteiger partial charge in [-0.15, -0.1) is 0 Å². The van der Waals surface area contributed by atoms with Crippen LogP contribution in [0.2, 0.25) is 0 Å². The molecule has 0 radical (unpaired) electrons. The normalized spacial score (nSPS) is 10.5. The summed E-state index contributed by atoms with van der Waals surface area (Å²) in [6.07, 6.45) is 0. The van der Waals surface area contributed by atoms with Crippen molar-refractivity contribution in [3.05, 3.63) is 22.7 Å². The van der Waals surface area contributed by atoms with Gasteiger partial charge in [0.1, 0.15) is 5.52 Å². The van der Waals surface area contributed by atoms with Gasteiger partial charge in [-0.1, -0.05) is 15.9 Å². The molecule has 0 aliphatic heterocycles. The standard InChI is InChI=1S/C7H6BrN3O/c8-4-1-2-5-6(3-4)12-7(10-5)11-9/h1-3H,9H2,(H,10,11). The molecule has 1 heterocycles. The molecule has 3 N–H and O–H groups in total. The Morgan fingerprint density at radius 2 is 2.33 bits per heavy atom. The molecular weight excluding hydrogens is 222 g/mol. The summed E-state index contributed by atoms with van der Waals surface area (Å²) in [4.78, 5) is 4.05. The van der Waals surface area contributed by atoms with Crippen molar-refractivity contribution in [1.82, 2.24) is 4.98 Å². The van der Waals surface area contributed by atoms with Crippen LogP contribution in [-0.2, 0) is 0 Å². The SMILES string of the molecule is NNc1nc2ccc(Br)cc2o1. The van der Waals surface area contributed by atoms with Crippen molar-refractivity contribution in [1.29, 1.82) is 0 Å². The van der Waals surface area contributed by atoms with E-state index in [0.29, 0.717) is 11.6 Å². The van der Waals surface area contributed by atoms with Crippen molar-refractivity contribution < 1.29 is 4.42 Å². The fourth-order valence-corrected chi connectivity index (χ4v) is 1.30. The number of rotatable bonds is 1. The van der Waals surface area contributed by atoms with Crippen molar-refractivity contribution in [3.63, 3.8) is 0 Å². The molecule has 0 fully saturated rings. The average molecular weight is 228 g/mol. The number of hydrogen-bond donors (Lipinski definition) is 2. The largest absolute Gasteiger partial charge is 0.423 e. The van der Waals surface area contributed by atoms with Crippen LogP contribution in [0.25, 0.3) is 11.1 Å². The predicted octanol–water partition coefficient (Wildman–Crippen LogP) is 1.88. The second kappa shape index (κ2) is 2.76. The zero-order chi connectivity index (χ0) is 8.55. The lowest BCUT2D eigenvalue weighted by molar-refractivity contribution is 0.616. The van der Waals surface area contributed by atoms with E-state index in [4.69, 9.17) is 10.3 Å². The Hall–Kier alpha value is -1.07. The molecule has 0 aliphatic rings. The minimum absolute atomic E-state index is 0.322. The maximum Gasteiger partial charge on any atom is 0.310 e. The minimum atomic E-state index is 0.322. The third kappa shape index (κ3) is 1.17. The van der Waals surface area contributed by atoms with Crippen LogP contribution in [0.15, 0.2) is 27.1 Å². The van der Waals surface area contributed by atoms with Gasteiger partial charge in [-0.05, 0) is 18.2 Å². The van der Waals surface area contributed by atoms with Crippen LogP contribution in [0.1, 0.15) is 0 Å². The number of nitrogens with two attached hydrogens (primary N) is 1. The minimum Gasteiger partial charge on any atom is -0.423 e. The molecule has 1 aromatic heterocycles. The summed E-state index contributed by atoms with van der Waals surface area (Å²) in [5, 5.41) is 0. The second-order valence-electron chi connectivity index (χ2n) is 2.28. The summed E-state index contributed by atoms with van der Waals surface area (Å²) >= 11 is 3.32. The van der Waals surface area contributed by atoms with Gasteiger partial charge in [0, 0.05) is 4.47 Å². The Bertz CT molecular complexity index is 412. The Morgan fingerprint density at radius 3 is 3.08 bits per heavy atom. The Kier molecular flexibility index (Phi) is 1.74. The first-order valence-corrected chi connectivity index (χ1v) is 4.11.